The molecule has 1 aliphatic heterocycles. The van der Waals surface area contributed by atoms with Crippen molar-refractivity contribution in [2.75, 3.05) is 33.2 Å². The standard InChI is InChI=1S/C10H19N5O2S/c1-8-10(9(2)12-11-8)18(16,17)13-15-6-4-14(3)5-7-15/h13H,4-7H2,1-3H3,(H,11,12). The van der Waals surface area contributed by atoms with Gasteiger partial charge in [0.25, 0.3) is 10.0 Å². The van der Waals surface area contributed by atoms with Crippen LogP contribution in [0.3, 0.4) is 0 Å². The Morgan fingerprint density at radius 3 is 2.33 bits per heavy atom. The number of nitrogens with one attached hydrogen (secondary N) is 2. The first kappa shape index (κ1) is 13.5. The largest absolute Gasteiger partial charge is 0.304 e. The van der Waals surface area contributed by atoms with Crippen LogP contribution in [0.2, 0.25) is 0 Å². The van der Waals surface area contributed by atoms with Crippen molar-refractivity contribution in [1.82, 2.24) is 24.9 Å². The molecule has 0 saturated carbocycles. The van der Waals surface area contributed by atoms with Crippen LogP contribution in [-0.2, 0) is 10.0 Å². The number of aromatic nitrogens is 2. The number of H-pyrrole nitrogens is 1. The van der Waals surface area contributed by atoms with Crippen molar-refractivity contribution in [3.8, 4) is 0 Å². The van der Waals surface area contributed by atoms with E-state index in [2.05, 4.69) is 19.9 Å². The number of hydrogen-bond acceptors (Lipinski definition) is 5. The van der Waals surface area contributed by atoms with Gasteiger partial charge in [0.15, 0.2) is 0 Å². The number of piperazine rings is 1. The van der Waals surface area contributed by atoms with E-state index in [4.69, 9.17) is 0 Å². The quantitative estimate of drug-likeness (QED) is 0.773. The van der Waals surface area contributed by atoms with E-state index in [0.29, 0.717) is 24.5 Å². The molecule has 0 amide bonds. The van der Waals surface area contributed by atoms with E-state index < -0.39 is 10.0 Å². The first-order valence-electron chi connectivity index (χ1n) is 5.87. The fourth-order valence-electron chi connectivity index (χ4n) is 2.05. The highest BCUT2D eigenvalue weighted by molar-refractivity contribution is 7.89. The summed E-state index contributed by atoms with van der Waals surface area (Å²) in [6.45, 7) is 6.47. The Kier molecular flexibility index (Phi) is 3.71. The van der Waals surface area contributed by atoms with E-state index in [-0.39, 0.29) is 4.90 Å². The van der Waals surface area contributed by atoms with Gasteiger partial charge in [-0.2, -0.15) is 5.10 Å². The summed E-state index contributed by atoms with van der Waals surface area (Å²) < 4.78 is 24.5. The Balaban J connectivity index is 2.13. The number of rotatable bonds is 3. The molecule has 2 N–H and O–H groups in total. The second-order valence-corrected chi connectivity index (χ2v) is 6.25. The Labute approximate surface area is 107 Å². The third kappa shape index (κ3) is 2.72. The van der Waals surface area contributed by atoms with Crippen LogP contribution in [0.1, 0.15) is 11.4 Å². The molecule has 8 heteroatoms. The van der Waals surface area contributed by atoms with Crippen molar-refractivity contribution in [3.63, 3.8) is 0 Å². The molecule has 1 aromatic heterocycles. The van der Waals surface area contributed by atoms with E-state index in [0.717, 1.165) is 13.1 Å². The smallest absolute Gasteiger partial charge is 0.257 e. The Hall–Kier alpha value is -0.960. The maximum absolute atomic E-state index is 12.3. The van der Waals surface area contributed by atoms with Crippen LogP contribution in [0.4, 0.5) is 0 Å². The first-order chi connectivity index (χ1) is 8.40. The topological polar surface area (TPSA) is 81.3 Å². The molecule has 2 rings (SSSR count). The van der Waals surface area contributed by atoms with Crippen LogP contribution in [0.5, 0.6) is 0 Å². The number of aromatic amines is 1. The van der Waals surface area contributed by atoms with Gasteiger partial charge >= 0.3 is 0 Å². The highest BCUT2D eigenvalue weighted by atomic mass is 32.2. The van der Waals surface area contributed by atoms with E-state index >= 15 is 0 Å². The average Bonchev–Trinajstić information content (AvgIpc) is 2.62. The molecule has 0 atom stereocenters. The van der Waals surface area contributed by atoms with E-state index in [1.54, 1.807) is 18.9 Å². The maximum Gasteiger partial charge on any atom is 0.257 e. The van der Waals surface area contributed by atoms with Gasteiger partial charge in [-0.3, -0.25) is 5.10 Å². The van der Waals surface area contributed by atoms with Gasteiger partial charge in [0, 0.05) is 26.2 Å². The predicted molar refractivity (Wildman–Crippen MR) is 67.5 cm³/mol. The van der Waals surface area contributed by atoms with Gasteiger partial charge in [-0.25, -0.2) is 13.4 Å². The minimum Gasteiger partial charge on any atom is -0.304 e. The molecule has 1 aromatic rings. The van der Waals surface area contributed by atoms with Gasteiger partial charge in [-0.15, -0.1) is 4.83 Å². The fraction of sp³-hybridized carbons (Fsp3) is 0.700. The van der Waals surface area contributed by atoms with Gasteiger partial charge in [0.05, 0.1) is 11.4 Å². The molecule has 1 aliphatic rings. The molecule has 1 fully saturated rings. The van der Waals surface area contributed by atoms with Crippen LogP contribution in [0.15, 0.2) is 4.90 Å². The van der Waals surface area contributed by atoms with Crippen molar-refractivity contribution in [2.45, 2.75) is 18.7 Å². The highest BCUT2D eigenvalue weighted by Crippen LogP contribution is 2.16. The SMILES string of the molecule is Cc1n[nH]c(C)c1S(=O)(=O)NN1CCN(C)CC1. The Morgan fingerprint density at radius 2 is 1.83 bits per heavy atom. The summed E-state index contributed by atoms with van der Waals surface area (Å²) in [4.78, 5) is 5.04. The van der Waals surface area contributed by atoms with Gasteiger partial charge < -0.3 is 4.90 Å². The lowest BCUT2D eigenvalue weighted by Gasteiger charge is -2.32. The lowest BCUT2D eigenvalue weighted by atomic mass is 10.4. The van der Waals surface area contributed by atoms with Crippen LogP contribution < -0.4 is 4.83 Å². The minimum atomic E-state index is -3.53. The summed E-state index contributed by atoms with van der Waals surface area (Å²) in [6.07, 6.45) is 0. The van der Waals surface area contributed by atoms with Gasteiger partial charge in [-0.1, -0.05) is 0 Å². The van der Waals surface area contributed by atoms with E-state index in [1.807, 2.05) is 7.05 Å². The molecule has 1 saturated heterocycles. The predicted octanol–water partition coefficient (Wildman–Crippen LogP) is -0.533. The van der Waals surface area contributed by atoms with Crippen molar-refractivity contribution in [3.05, 3.63) is 11.4 Å². The summed E-state index contributed by atoms with van der Waals surface area (Å²) in [7, 11) is -1.51. The van der Waals surface area contributed by atoms with Crippen LogP contribution in [-0.4, -0.2) is 61.8 Å². The molecule has 7 nitrogen and oxygen atoms in total. The molecule has 0 spiro atoms. The van der Waals surface area contributed by atoms with Gasteiger partial charge in [-0.05, 0) is 20.9 Å². The fourth-order valence-corrected chi connectivity index (χ4v) is 3.55. The number of likely N-dealkylation sites (N-methyl/N-ethyl adjacent to an activating group) is 1. The maximum atomic E-state index is 12.3. The lowest BCUT2D eigenvalue weighted by molar-refractivity contribution is 0.135. The molecular weight excluding hydrogens is 254 g/mol. The first-order valence-corrected chi connectivity index (χ1v) is 7.36. The second-order valence-electron chi connectivity index (χ2n) is 4.65. The molecule has 0 radical (unpaired) electrons. The molecule has 0 aliphatic carbocycles. The highest BCUT2D eigenvalue weighted by Gasteiger charge is 2.25. The lowest BCUT2D eigenvalue weighted by Crippen LogP contribution is -2.52. The molecule has 2 heterocycles. The Morgan fingerprint density at radius 1 is 1.22 bits per heavy atom. The summed E-state index contributed by atoms with van der Waals surface area (Å²) >= 11 is 0. The molecule has 0 bridgehead atoms. The van der Waals surface area contributed by atoms with Crippen LogP contribution in [0, 0.1) is 13.8 Å². The number of hydrazine groups is 1. The van der Waals surface area contributed by atoms with Crippen molar-refractivity contribution < 1.29 is 8.42 Å². The van der Waals surface area contributed by atoms with E-state index in [1.165, 1.54) is 0 Å². The van der Waals surface area contributed by atoms with Crippen LogP contribution in [0.25, 0.3) is 0 Å². The zero-order chi connectivity index (χ0) is 13.3. The van der Waals surface area contributed by atoms with Gasteiger partial charge in [0.1, 0.15) is 4.90 Å². The Bertz CT molecular complexity index is 497. The molecular formula is C10H19N5O2S. The third-order valence-corrected chi connectivity index (χ3v) is 4.72. The summed E-state index contributed by atoms with van der Waals surface area (Å²) in [5.41, 5.74) is 1.06. The monoisotopic (exact) mass is 273 g/mol. The zero-order valence-corrected chi connectivity index (χ0v) is 11.7. The third-order valence-electron chi connectivity index (χ3n) is 3.08. The summed E-state index contributed by atoms with van der Waals surface area (Å²) in [5.74, 6) is 0. The van der Waals surface area contributed by atoms with Crippen molar-refractivity contribution in [1.29, 1.82) is 0 Å². The minimum absolute atomic E-state index is 0.251. The zero-order valence-electron chi connectivity index (χ0n) is 10.9. The normalized spacial score (nSPS) is 19.3. The van der Waals surface area contributed by atoms with Crippen LogP contribution >= 0.6 is 0 Å². The number of sulfonamides is 1. The number of nitrogens with zero attached hydrogens (tertiary/aromatic N) is 3. The van der Waals surface area contributed by atoms with Gasteiger partial charge in [0.2, 0.25) is 0 Å². The average molecular weight is 273 g/mol. The molecule has 0 aromatic carbocycles. The summed E-state index contributed by atoms with van der Waals surface area (Å²) in [5, 5.41) is 8.35. The van der Waals surface area contributed by atoms with E-state index in [9.17, 15) is 8.42 Å². The molecule has 102 valence electrons. The molecule has 0 unspecified atom stereocenters. The van der Waals surface area contributed by atoms with Crippen molar-refractivity contribution >= 4 is 10.0 Å². The second kappa shape index (κ2) is 4.96. The van der Waals surface area contributed by atoms with Crippen molar-refractivity contribution in [2.24, 2.45) is 0 Å². The summed E-state index contributed by atoms with van der Waals surface area (Å²) in [6, 6.07) is 0. The molecule has 18 heavy (non-hydrogen) atoms. The number of aryl methyl sites for hydroxylation is 2. The number of hydrogen-bond donors (Lipinski definition) is 2.